The van der Waals surface area contributed by atoms with E-state index in [1.165, 1.54) is 42.7 Å². The van der Waals surface area contributed by atoms with E-state index < -0.39 is 0 Å². The number of rotatable bonds is 9. The first-order valence-corrected chi connectivity index (χ1v) is 11.7. The lowest BCUT2D eigenvalue weighted by Gasteiger charge is -2.26. The third-order valence-corrected chi connectivity index (χ3v) is 6.64. The van der Waals surface area contributed by atoms with Gasteiger partial charge in [0, 0.05) is 23.4 Å². The molecule has 2 heterocycles. The maximum Gasteiger partial charge on any atom is 0.270 e. The number of hydrogen-bond acceptors (Lipinski definition) is 7. The summed E-state index contributed by atoms with van der Waals surface area (Å²) in [6.45, 7) is 3.64. The molecule has 2 aromatic carbocycles. The van der Waals surface area contributed by atoms with Crippen LogP contribution in [0.25, 0.3) is 0 Å². The summed E-state index contributed by atoms with van der Waals surface area (Å²) in [4.78, 5) is 13.3. The molecule has 0 bridgehead atoms. The highest BCUT2D eigenvalue weighted by Crippen LogP contribution is 2.31. The Kier molecular flexibility index (Phi) is 7.39. The Morgan fingerprint density at radius 1 is 1.06 bits per heavy atom. The minimum Gasteiger partial charge on any atom is -0.496 e. The molecule has 0 atom stereocenters. The third kappa shape index (κ3) is 5.46. The molecular formula is C23H27N5O3S. The third-order valence-electron chi connectivity index (χ3n) is 5.62. The van der Waals surface area contributed by atoms with Crippen LogP contribution >= 0.6 is 11.8 Å². The maximum atomic E-state index is 11.2. The molecule has 0 amide bonds. The largest absolute Gasteiger partial charge is 0.496 e. The van der Waals surface area contributed by atoms with Crippen molar-refractivity contribution in [1.82, 2.24) is 19.7 Å². The molecule has 1 fully saturated rings. The molecule has 1 saturated heterocycles. The van der Waals surface area contributed by atoms with Crippen molar-refractivity contribution in [1.29, 1.82) is 0 Å². The molecule has 168 valence electrons. The Morgan fingerprint density at radius 3 is 2.56 bits per heavy atom. The molecular weight excluding hydrogens is 426 g/mol. The molecule has 0 radical (unpaired) electrons. The Morgan fingerprint density at radius 2 is 1.84 bits per heavy atom. The van der Waals surface area contributed by atoms with Crippen LogP contribution in [0.15, 0.2) is 53.7 Å². The van der Waals surface area contributed by atoms with Gasteiger partial charge in [-0.05, 0) is 37.6 Å². The summed E-state index contributed by atoms with van der Waals surface area (Å²) >= 11 is 1.52. The zero-order valence-electron chi connectivity index (χ0n) is 18.1. The molecule has 0 unspecified atom stereocenters. The van der Waals surface area contributed by atoms with E-state index in [9.17, 15) is 10.1 Å². The van der Waals surface area contributed by atoms with Crippen LogP contribution in [0.2, 0.25) is 0 Å². The molecule has 8 nitrogen and oxygen atoms in total. The standard InChI is InChI=1S/C23H27N5O3S/c1-31-21-11-10-20(28(29)30)14-19(21)17-32-23-25-24-22(16-26-12-6-3-7-13-26)27(23)15-18-8-4-2-5-9-18/h2,4-5,8-11,14H,3,6-7,12-13,15-17H2,1H3. The van der Waals surface area contributed by atoms with Gasteiger partial charge in [0.05, 0.1) is 25.1 Å². The molecule has 3 aromatic rings. The monoisotopic (exact) mass is 453 g/mol. The number of nitro groups is 1. The molecule has 32 heavy (non-hydrogen) atoms. The highest BCUT2D eigenvalue weighted by atomic mass is 32.2. The van der Waals surface area contributed by atoms with Gasteiger partial charge in [-0.3, -0.25) is 15.0 Å². The Labute approximate surface area is 191 Å². The molecule has 0 spiro atoms. The van der Waals surface area contributed by atoms with E-state index >= 15 is 0 Å². The first-order chi connectivity index (χ1) is 15.6. The van der Waals surface area contributed by atoms with Crippen molar-refractivity contribution in [3.8, 4) is 5.75 Å². The second kappa shape index (κ2) is 10.6. The number of benzene rings is 2. The van der Waals surface area contributed by atoms with E-state index in [1.54, 1.807) is 19.2 Å². The highest BCUT2D eigenvalue weighted by Gasteiger charge is 2.19. The number of piperidine rings is 1. The fraction of sp³-hybridized carbons (Fsp3) is 0.391. The number of aromatic nitrogens is 3. The smallest absolute Gasteiger partial charge is 0.270 e. The van der Waals surface area contributed by atoms with Crippen molar-refractivity contribution in [2.45, 2.75) is 43.3 Å². The van der Waals surface area contributed by atoms with Crippen molar-refractivity contribution in [3.05, 3.63) is 75.6 Å². The van der Waals surface area contributed by atoms with E-state index in [0.717, 1.165) is 36.2 Å². The molecule has 0 aliphatic carbocycles. The van der Waals surface area contributed by atoms with Crippen molar-refractivity contribution < 1.29 is 9.66 Å². The Balaban J connectivity index is 1.57. The van der Waals surface area contributed by atoms with Crippen molar-refractivity contribution in [2.24, 2.45) is 0 Å². The van der Waals surface area contributed by atoms with E-state index in [0.29, 0.717) is 18.0 Å². The molecule has 9 heteroatoms. The summed E-state index contributed by atoms with van der Waals surface area (Å²) in [5.74, 6) is 2.08. The first kappa shape index (κ1) is 22.3. The van der Waals surface area contributed by atoms with Gasteiger partial charge in [0.2, 0.25) is 0 Å². The quantitative estimate of drug-likeness (QED) is 0.267. The van der Waals surface area contributed by atoms with Crippen LogP contribution in [-0.2, 0) is 18.8 Å². The topological polar surface area (TPSA) is 86.3 Å². The average molecular weight is 454 g/mol. The average Bonchev–Trinajstić information content (AvgIpc) is 3.19. The summed E-state index contributed by atoms with van der Waals surface area (Å²) < 4.78 is 7.58. The van der Waals surface area contributed by atoms with Crippen LogP contribution in [-0.4, -0.2) is 44.8 Å². The fourth-order valence-corrected chi connectivity index (χ4v) is 4.85. The number of likely N-dealkylation sites (tertiary alicyclic amines) is 1. The number of nitrogens with zero attached hydrogens (tertiary/aromatic N) is 5. The van der Waals surface area contributed by atoms with E-state index in [4.69, 9.17) is 4.74 Å². The summed E-state index contributed by atoms with van der Waals surface area (Å²) in [5.41, 5.74) is 2.00. The van der Waals surface area contributed by atoms with E-state index in [-0.39, 0.29) is 10.6 Å². The van der Waals surface area contributed by atoms with Crippen LogP contribution in [0, 0.1) is 10.1 Å². The predicted molar refractivity (Wildman–Crippen MR) is 124 cm³/mol. The zero-order chi connectivity index (χ0) is 22.3. The molecule has 1 aromatic heterocycles. The van der Waals surface area contributed by atoms with Gasteiger partial charge in [0.1, 0.15) is 11.6 Å². The summed E-state index contributed by atoms with van der Waals surface area (Å²) in [5, 5.41) is 21.0. The van der Waals surface area contributed by atoms with Crippen LogP contribution in [0.4, 0.5) is 5.69 Å². The van der Waals surface area contributed by atoms with Gasteiger partial charge in [-0.2, -0.15) is 0 Å². The molecule has 4 rings (SSSR count). The number of non-ortho nitro benzene ring substituents is 1. The minimum atomic E-state index is -0.387. The minimum absolute atomic E-state index is 0.0536. The number of methoxy groups -OCH3 is 1. The molecule has 1 aliphatic heterocycles. The van der Waals surface area contributed by atoms with Crippen LogP contribution in [0.3, 0.4) is 0 Å². The molecule has 1 aliphatic rings. The van der Waals surface area contributed by atoms with Crippen LogP contribution < -0.4 is 4.74 Å². The normalized spacial score (nSPS) is 14.4. The summed E-state index contributed by atoms with van der Waals surface area (Å²) in [6, 6.07) is 14.9. The zero-order valence-corrected chi connectivity index (χ0v) is 19.0. The van der Waals surface area contributed by atoms with Crippen molar-refractivity contribution in [3.63, 3.8) is 0 Å². The molecule has 0 N–H and O–H groups in total. The van der Waals surface area contributed by atoms with Crippen molar-refractivity contribution in [2.75, 3.05) is 20.2 Å². The number of ether oxygens (including phenoxy) is 1. The first-order valence-electron chi connectivity index (χ1n) is 10.8. The van der Waals surface area contributed by atoms with Crippen LogP contribution in [0.5, 0.6) is 5.75 Å². The van der Waals surface area contributed by atoms with Gasteiger partial charge in [-0.1, -0.05) is 48.5 Å². The Bertz CT molecular complexity index is 1050. The van der Waals surface area contributed by atoms with Gasteiger partial charge in [0.25, 0.3) is 5.69 Å². The lowest BCUT2D eigenvalue weighted by Crippen LogP contribution is -2.30. The van der Waals surface area contributed by atoms with Gasteiger partial charge < -0.3 is 9.30 Å². The van der Waals surface area contributed by atoms with Gasteiger partial charge in [-0.15, -0.1) is 10.2 Å². The lowest BCUT2D eigenvalue weighted by molar-refractivity contribution is -0.384. The SMILES string of the molecule is COc1ccc([N+](=O)[O-])cc1CSc1nnc(CN2CCCCC2)n1Cc1ccccc1. The Hall–Kier alpha value is -2.91. The van der Waals surface area contributed by atoms with Gasteiger partial charge in [-0.25, -0.2) is 0 Å². The van der Waals surface area contributed by atoms with E-state index in [1.807, 2.05) is 18.2 Å². The van der Waals surface area contributed by atoms with Gasteiger partial charge >= 0.3 is 0 Å². The second-order valence-corrected chi connectivity index (χ2v) is 8.79. The lowest BCUT2D eigenvalue weighted by atomic mass is 10.1. The second-order valence-electron chi connectivity index (χ2n) is 7.85. The fourth-order valence-electron chi connectivity index (χ4n) is 3.92. The summed E-state index contributed by atoms with van der Waals surface area (Å²) in [7, 11) is 1.57. The highest BCUT2D eigenvalue weighted by molar-refractivity contribution is 7.98. The molecule has 0 saturated carbocycles. The van der Waals surface area contributed by atoms with E-state index in [2.05, 4.69) is 31.8 Å². The maximum absolute atomic E-state index is 11.2. The number of thioether (sulfide) groups is 1. The van der Waals surface area contributed by atoms with Crippen molar-refractivity contribution >= 4 is 17.4 Å². The number of hydrogen-bond donors (Lipinski definition) is 0. The van der Waals surface area contributed by atoms with Gasteiger partial charge in [0.15, 0.2) is 5.16 Å². The summed E-state index contributed by atoms with van der Waals surface area (Å²) in [6.07, 6.45) is 3.74. The number of nitro benzene ring substituents is 1. The predicted octanol–water partition coefficient (Wildman–Crippen LogP) is 4.52. The van der Waals surface area contributed by atoms with Crippen LogP contribution in [0.1, 0.15) is 36.2 Å².